The Morgan fingerprint density at radius 2 is 2.11 bits per heavy atom. The topological polar surface area (TPSA) is 83.6 Å². The van der Waals surface area contributed by atoms with Crippen molar-refractivity contribution in [1.82, 2.24) is 10.1 Å². The average Bonchev–Trinajstić information content (AvgIpc) is 3.09. The molecule has 28 heavy (non-hydrogen) atoms. The van der Waals surface area contributed by atoms with E-state index in [9.17, 15) is 14.7 Å². The first-order chi connectivity index (χ1) is 13.3. The highest BCUT2D eigenvalue weighted by molar-refractivity contribution is 5.80. The number of aryl methyl sites for hydroxylation is 1. The molecule has 1 unspecified atom stereocenters. The Morgan fingerprint density at radius 1 is 1.32 bits per heavy atom. The molecule has 1 aromatic carbocycles. The van der Waals surface area contributed by atoms with E-state index in [1.54, 1.807) is 4.90 Å². The molecule has 1 saturated heterocycles. The lowest BCUT2D eigenvalue weighted by molar-refractivity contribution is -0.155. The van der Waals surface area contributed by atoms with Crippen molar-refractivity contribution in [3.63, 3.8) is 0 Å². The van der Waals surface area contributed by atoms with Gasteiger partial charge in [-0.1, -0.05) is 42.8 Å². The van der Waals surface area contributed by atoms with E-state index in [4.69, 9.17) is 4.52 Å². The summed E-state index contributed by atoms with van der Waals surface area (Å²) in [6.45, 7) is 6.83. The van der Waals surface area contributed by atoms with Gasteiger partial charge in [-0.25, -0.2) is 0 Å². The molecule has 6 heteroatoms. The molecule has 1 aliphatic heterocycles. The van der Waals surface area contributed by atoms with Crippen molar-refractivity contribution in [3.8, 4) is 11.3 Å². The Kier molecular flexibility index (Phi) is 5.87. The Labute approximate surface area is 165 Å². The van der Waals surface area contributed by atoms with E-state index in [0.717, 1.165) is 11.1 Å². The molecule has 2 aromatic rings. The summed E-state index contributed by atoms with van der Waals surface area (Å²) >= 11 is 0. The zero-order valence-corrected chi connectivity index (χ0v) is 16.8. The predicted octanol–water partition coefficient (Wildman–Crippen LogP) is 3.93. The van der Waals surface area contributed by atoms with Gasteiger partial charge in [-0.3, -0.25) is 9.59 Å². The van der Waals surface area contributed by atoms with Gasteiger partial charge in [0.05, 0.1) is 5.41 Å². The van der Waals surface area contributed by atoms with Crippen LogP contribution in [-0.2, 0) is 16.0 Å². The predicted molar refractivity (Wildman–Crippen MR) is 106 cm³/mol. The molecule has 1 aliphatic rings. The van der Waals surface area contributed by atoms with E-state index in [1.807, 2.05) is 51.1 Å². The van der Waals surface area contributed by atoms with Gasteiger partial charge in [0.2, 0.25) is 5.91 Å². The van der Waals surface area contributed by atoms with Crippen LogP contribution >= 0.6 is 0 Å². The first-order valence-corrected chi connectivity index (χ1v) is 9.83. The minimum Gasteiger partial charge on any atom is -0.481 e. The van der Waals surface area contributed by atoms with Crippen molar-refractivity contribution in [2.24, 2.45) is 11.3 Å². The van der Waals surface area contributed by atoms with Crippen LogP contribution in [0.2, 0.25) is 0 Å². The summed E-state index contributed by atoms with van der Waals surface area (Å²) in [5.74, 6) is -0.0710. The van der Waals surface area contributed by atoms with Crippen molar-refractivity contribution in [2.45, 2.75) is 46.5 Å². The highest BCUT2D eigenvalue weighted by Crippen LogP contribution is 2.35. The van der Waals surface area contributed by atoms with Gasteiger partial charge in [0.25, 0.3) is 0 Å². The third kappa shape index (κ3) is 4.43. The lowest BCUT2D eigenvalue weighted by Crippen LogP contribution is -2.51. The number of amides is 1. The van der Waals surface area contributed by atoms with E-state index in [-0.39, 0.29) is 24.8 Å². The van der Waals surface area contributed by atoms with E-state index < -0.39 is 11.4 Å². The normalized spacial score (nSPS) is 19.8. The van der Waals surface area contributed by atoms with Gasteiger partial charge < -0.3 is 14.5 Å². The molecule has 2 heterocycles. The minimum absolute atomic E-state index is 0.0262. The second-order valence-corrected chi connectivity index (χ2v) is 8.33. The van der Waals surface area contributed by atoms with Gasteiger partial charge in [-0.05, 0) is 31.7 Å². The SMILES string of the molecule is Cc1cccc(-c2cc(CC3(C(=O)O)CCCN(C(=O)CC(C)C)C3)on2)c1. The summed E-state index contributed by atoms with van der Waals surface area (Å²) in [7, 11) is 0. The minimum atomic E-state index is -1.03. The molecule has 0 bridgehead atoms. The van der Waals surface area contributed by atoms with Crippen molar-refractivity contribution >= 4 is 11.9 Å². The fraction of sp³-hybridized carbons (Fsp3) is 0.500. The van der Waals surface area contributed by atoms with Crippen LogP contribution in [0.4, 0.5) is 0 Å². The van der Waals surface area contributed by atoms with Gasteiger partial charge in [0.1, 0.15) is 11.5 Å². The van der Waals surface area contributed by atoms with Crippen molar-refractivity contribution in [2.75, 3.05) is 13.1 Å². The fourth-order valence-corrected chi connectivity index (χ4v) is 3.89. The monoisotopic (exact) mass is 384 g/mol. The second-order valence-electron chi connectivity index (χ2n) is 8.33. The number of aliphatic carboxylic acids is 1. The molecule has 3 rings (SSSR count). The highest BCUT2D eigenvalue weighted by Gasteiger charge is 2.44. The largest absolute Gasteiger partial charge is 0.481 e. The van der Waals surface area contributed by atoms with Gasteiger partial charge in [-0.2, -0.15) is 0 Å². The molecule has 1 N–H and O–H groups in total. The summed E-state index contributed by atoms with van der Waals surface area (Å²) in [6, 6.07) is 9.75. The Hall–Kier alpha value is -2.63. The number of carboxylic acids is 1. The summed E-state index contributed by atoms with van der Waals surface area (Å²) in [5, 5.41) is 14.1. The molecule has 0 saturated carbocycles. The summed E-state index contributed by atoms with van der Waals surface area (Å²) in [5.41, 5.74) is 1.73. The Balaban J connectivity index is 1.79. The zero-order chi connectivity index (χ0) is 20.3. The Bertz CT molecular complexity index is 858. The fourth-order valence-electron chi connectivity index (χ4n) is 3.89. The van der Waals surface area contributed by atoms with Gasteiger partial charge in [0.15, 0.2) is 0 Å². The average molecular weight is 384 g/mol. The third-order valence-electron chi connectivity index (χ3n) is 5.35. The molecule has 0 aliphatic carbocycles. The number of piperidine rings is 1. The maximum absolute atomic E-state index is 12.5. The van der Waals surface area contributed by atoms with Crippen molar-refractivity contribution in [1.29, 1.82) is 0 Å². The quantitative estimate of drug-likeness (QED) is 0.816. The number of hydrogen-bond acceptors (Lipinski definition) is 4. The number of carboxylic acid groups (broad SMARTS) is 1. The van der Waals surface area contributed by atoms with Gasteiger partial charge >= 0.3 is 5.97 Å². The third-order valence-corrected chi connectivity index (χ3v) is 5.35. The first-order valence-electron chi connectivity index (χ1n) is 9.83. The number of carbonyl (C=O) groups is 2. The smallest absolute Gasteiger partial charge is 0.311 e. The van der Waals surface area contributed by atoms with Gasteiger partial charge in [-0.15, -0.1) is 0 Å². The number of nitrogens with zero attached hydrogens (tertiary/aromatic N) is 2. The standard InChI is InChI=1S/C22H28N2O4/c1-15(2)10-20(25)24-9-5-8-22(14-24,21(26)27)13-18-12-19(23-28-18)17-7-4-6-16(3)11-17/h4,6-7,11-12,15H,5,8-10,13-14H2,1-3H3,(H,26,27). The zero-order valence-electron chi connectivity index (χ0n) is 16.8. The molecule has 150 valence electrons. The number of benzene rings is 1. The molecular formula is C22H28N2O4. The van der Waals surface area contributed by atoms with Crippen LogP contribution in [0.1, 0.15) is 44.4 Å². The molecule has 0 spiro atoms. The van der Waals surface area contributed by atoms with E-state index in [2.05, 4.69) is 5.16 Å². The van der Waals surface area contributed by atoms with Crippen LogP contribution < -0.4 is 0 Å². The second kappa shape index (κ2) is 8.17. The molecule has 1 atom stereocenters. The summed E-state index contributed by atoms with van der Waals surface area (Å²) in [4.78, 5) is 26.4. The van der Waals surface area contributed by atoms with Crippen LogP contribution in [0.3, 0.4) is 0 Å². The number of hydrogen-bond donors (Lipinski definition) is 1. The molecule has 0 radical (unpaired) electrons. The van der Waals surface area contributed by atoms with Gasteiger partial charge in [0, 0.05) is 37.6 Å². The summed E-state index contributed by atoms with van der Waals surface area (Å²) in [6.07, 6.45) is 1.87. The number of aromatic nitrogens is 1. The van der Waals surface area contributed by atoms with Crippen LogP contribution in [0.5, 0.6) is 0 Å². The molecule has 1 aromatic heterocycles. The van der Waals surface area contributed by atoms with Crippen molar-refractivity contribution in [3.05, 3.63) is 41.7 Å². The molecule has 1 fully saturated rings. The van der Waals surface area contributed by atoms with Crippen LogP contribution in [0.25, 0.3) is 11.3 Å². The van der Waals surface area contributed by atoms with E-state index in [1.165, 1.54) is 0 Å². The maximum atomic E-state index is 12.5. The lowest BCUT2D eigenvalue weighted by Gasteiger charge is -2.39. The number of carbonyl (C=O) groups excluding carboxylic acids is 1. The van der Waals surface area contributed by atoms with Crippen LogP contribution in [0.15, 0.2) is 34.9 Å². The molecular weight excluding hydrogens is 356 g/mol. The number of likely N-dealkylation sites (tertiary alicyclic amines) is 1. The van der Waals surface area contributed by atoms with Crippen LogP contribution in [0, 0.1) is 18.3 Å². The van der Waals surface area contributed by atoms with Crippen LogP contribution in [-0.4, -0.2) is 40.1 Å². The summed E-state index contributed by atoms with van der Waals surface area (Å²) < 4.78 is 5.48. The first kappa shape index (κ1) is 20.1. The lowest BCUT2D eigenvalue weighted by atomic mass is 9.76. The molecule has 1 amide bonds. The molecule has 6 nitrogen and oxygen atoms in total. The van der Waals surface area contributed by atoms with E-state index in [0.29, 0.717) is 37.3 Å². The Morgan fingerprint density at radius 3 is 2.79 bits per heavy atom. The maximum Gasteiger partial charge on any atom is 0.311 e. The van der Waals surface area contributed by atoms with Crippen molar-refractivity contribution < 1.29 is 19.2 Å². The highest BCUT2D eigenvalue weighted by atomic mass is 16.5. The van der Waals surface area contributed by atoms with E-state index >= 15 is 0 Å². The number of rotatable bonds is 6.